The summed E-state index contributed by atoms with van der Waals surface area (Å²) in [6.07, 6.45) is -4.07. The molecule has 1 saturated heterocycles. The van der Waals surface area contributed by atoms with E-state index < -0.39 is 42.4 Å². The average Bonchev–Trinajstić information content (AvgIpc) is 3.13. The molecular formula is C40H44O8. The third kappa shape index (κ3) is 10.2. The maximum atomic E-state index is 14.2. The van der Waals surface area contributed by atoms with Crippen molar-refractivity contribution in [1.82, 2.24) is 0 Å². The molecule has 252 valence electrons. The first kappa shape index (κ1) is 35.1. The van der Waals surface area contributed by atoms with Gasteiger partial charge in [-0.05, 0) is 22.3 Å². The number of benzene rings is 4. The number of hydrogen-bond donors (Lipinski definition) is 0. The van der Waals surface area contributed by atoms with Gasteiger partial charge < -0.3 is 28.4 Å². The second-order valence-corrected chi connectivity index (χ2v) is 12.0. The molecule has 0 aromatic heterocycles. The van der Waals surface area contributed by atoms with E-state index in [9.17, 15) is 9.59 Å². The Morgan fingerprint density at radius 1 is 0.604 bits per heavy atom. The fourth-order valence-electron chi connectivity index (χ4n) is 5.73. The minimum atomic E-state index is -1.06. The molecule has 0 radical (unpaired) electrons. The Balaban J connectivity index is 1.48. The molecule has 0 spiro atoms. The summed E-state index contributed by atoms with van der Waals surface area (Å²) in [4.78, 5) is 26.4. The molecule has 0 amide bonds. The molecule has 0 saturated carbocycles. The Labute approximate surface area is 282 Å². The Hall–Kier alpha value is -4.18. The van der Waals surface area contributed by atoms with Crippen molar-refractivity contribution >= 4 is 11.8 Å². The lowest BCUT2D eigenvalue weighted by Crippen LogP contribution is -2.63. The molecule has 8 heteroatoms. The zero-order chi connectivity index (χ0) is 33.6. The first-order valence-electron chi connectivity index (χ1n) is 16.4. The van der Waals surface area contributed by atoms with Crippen molar-refractivity contribution in [2.45, 2.75) is 70.3 Å². The molecule has 0 aliphatic carbocycles. The Morgan fingerprint density at radius 3 is 1.48 bits per heavy atom. The van der Waals surface area contributed by atoms with Crippen molar-refractivity contribution in [3.63, 3.8) is 0 Å². The molecule has 1 heterocycles. The quantitative estimate of drug-likeness (QED) is 0.120. The maximum Gasteiger partial charge on any atom is 0.306 e. The predicted octanol–water partition coefficient (Wildman–Crippen LogP) is 6.50. The van der Waals surface area contributed by atoms with Gasteiger partial charge in [-0.15, -0.1) is 0 Å². The van der Waals surface area contributed by atoms with E-state index in [4.69, 9.17) is 28.4 Å². The molecule has 48 heavy (non-hydrogen) atoms. The molecule has 6 atom stereocenters. The molecule has 1 aliphatic heterocycles. The van der Waals surface area contributed by atoms with Crippen molar-refractivity contribution in [3.05, 3.63) is 144 Å². The molecule has 4 aromatic rings. The lowest BCUT2D eigenvalue weighted by Gasteiger charge is -2.46. The maximum absolute atomic E-state index is 14.2. The number of ether oxygens (including phenoxy) is 6. The van der Waals surface area contributed by atoms with Crippen molar-refractivity contribution in [2.24, 2.45) is 5.92 Å². The fourth-order valence-corrected chi connectivity index (χ4v) is 5.73. The van der Waals surface area contributed by atoms with Gasteiger partial charge in [0, 0.05) is 5.92 Å². The molecule has 0 bridgehead atoms. The van der Waals surface area contributed by atoms with Crippen LogP contribution >= 0.6 is 0 Å². The van der Waals surface area contributed by atoms with Crippen LogP contribution in [-0.4, -0.2) is 56.0 Å². The molecule has 0 N–H and O–H groups in total. The zero-order valence-electron chi connectivity index (χ0n) is 27.5. The molecular weight excluding hydrogens is 608 g/mol. The second kappa shape index (κ2) is 18.4. The van der Waals surface area contributed by atoms with Crippen LogP contribution in [0.5, 0.6) is 0 Å². The third-order valence-corrected chi connectivity index (χ3v) is 8.35. The number of Topliss-reactive ketones (excluding diaryl/α,β-unsaturated/α-hetero) is 1. The Kier molecular flexibility index (Phi) is 13.5. The lowest BCUT2D eigenvalue weighted by atomic mass is 9.87. The van der Waals surface area contributed by atoms with Crippen molar-refractivity contribution in [2.75, 3.05) is 13.7 Å². The first-order valence-corrected chi connectivity index (χ1v) is 16.4. The number of esters is 1. The van der Waals surface area contributed by atoms with Gasteiger partial charge in [0.2, 0.25) is 0 Å². The highest BCUT2D eigenvalue weighted by Crippen LogP contribution is 2.33. The second-order valence-electron chi connectivity index (χ2n) is 12.0. The molecule has 1 aliphatic rings. The van der Waals surface area contributed by atoms with E-state index >= 15 is 0 Å². The van der Waals surface area contributed by atoms with Gasteiger partial charge in [0.05, 0.1) is 46.6 Å². The number of carbonyl (C=O) groups is 2. The largest absolute Gasteiger partial charge is 0.469 e. The summed E-state index contributed by atoms with van der Waals surface area (Å²) in [6.45, 7) is 2.97. The van der Waals surface area contributed by atoms with Crippen molar-refractivity contribution in [1.29, 1.82) is 0 Å². The van der Waals surface area contributed by atoms with E-state index in [2.05, 4.69) is 0 Å². The van der Waals surface area contributed by atoms with E-state index in [1.807, 2.05) is 121 Å². The fraction of sp³-hybridized carbons (Fsp3) is 0.350. The van der Waals surface area contributed by atoms with Crippen LogP contribution in [0, 0.1) is 5.92 Å². The van der Waals surface area contributed by atoms with E-state index in [0.29, 0.717) is 6.61 Å². The summed E-state index contributed by atoms with van der Waals surface area (Å²) in [5, 5.41) is 0. The van der Waals surface area contributed by atoms with Gasteiger partial charge in [0.25, 0.3) is 0 Å². The summed E-state index contributed by atoms with van der Waals surface area (Å²) < 4.78 is 37.7. The number of carbonyl (C=O) groups excluding carboxylic acids is 2. The van der Waals surface area contributed by atoms with E-state index in [1.165, 1.54) is 7.11 Å². The van der Waals surface area contributed by atoms with Gasteiger partial charge in [0.15, 0.2) is 5.78 Å². The van der Waals surface area contributed by atoms with Crippen LogP contribution in [0.3, 0.4) is 0 Å². The standard InChI is InChI=1S/C40H44O8/c1-29(23-35(41)43-2)36(42)38-40(47-27-33-21-13-6-14-22-33)39(46-26-32-19-11-5-12-20-32)37(45-25-31-17-9-4-10-18-31)34(48-38)28-44-24-30-15-7-3-8-16-30/h3-22,29,34,37-40H,23-28H2,1-2H3/t29?,34-,37-,38+,39+,40+/m1/s1. The third-order valence-electron chi connectivity index (χ3n) is 8.35. The summed E-state index contributed by atoms with van der Waals surface area (Å²) in [5.74, 6) is -1.44. The molecule has 4 aromatic carbocycles. The predicted molar refractivity (Wildman–Crippen MR) is 181 cm³/mol. The highest BCUT2D eigenvalue weighted by molar-refractivity contribution is 5.89. The van der Waals surface area contributed by atoms with Crippen LogP contribution in [0.1, 0.15) is 35.6 Å². The minimum Gasteiger partial charge on any atom is -0.469 e. The summed E-state index contributed by atoms with van der Waals surface area (Å²) >= 11 is 0. The Morgan fingerprint density at radius 2 is 1.02 bits per heavy atom. The zero-order valence-corrected chi connectivity index (χ0v) is 27.5. The Bertz CT molecular complexity index is 1520. The van der Waals surface area contributed by atoms with Crippen LogP contribution in [0.4, 0.5) is 0 Å². The molecule has 1 unspecified atom stereocenters. The molecule has 5 rings (SSSR count). The van der Waals surface area contributed by atoms with Gasteiger partial charge in [0.1, 0.15) is 30.5 Å². The summed E-state index contributed by atoms with van der Waals surface area (Å²) in [6, 6.07) is 39.3. The highest BCUT2D eigenvalue weighted by atomic mass is 16.6. The van der Waals surface area contributed by atoms with Gasteiger partial charge >= 0.3 is 5.97 Å². The SMILES string of the molecule is COC(=O)CC(C)C(=O)[C@@H]1O[C@H](COCc2ccccc2)[C@@H](OCc2ccccc2)[C@H](OCc2ccccc2)[C@H]1OCc1ccccc1. The summed E-state index contributed by atoms with van der Waals surface area (Å²) in [5.41, 5.74) is 3.89. The highest BCUT2D eigenvalue weighted by Gasteiger charge is 2.51. The smallest absolute Gasteiger partial charge is 0.306 e. The normalized spacial score (nSPS) is 21.3. The van der Waals surface area contributed by atoms with Gasteiger partial charge in [-0.25, -0.2) is 0 Å². The first-order chi connectivity index (χ1) is 23.5. The number of hydrogen-bond acceptors (Lipinski definition) is 8. The van der Waals surface area contributed by atoms with Crippen molar-refractivity contribution < 1.29 is 38.0 Å². The minimum absolute atomic E-state index is 0.0841. The van der Waals surface area contributed by atoms with Gasteiger partial charge in [-0.2, -0.15) is 0 Å². The van der Waals surface area contributed by atoms with Crippen LogP contribution in [0.15, 0.2) is 121 Å². The van der Waals surface area contributed by atoms with E-state index in [1.54, 1.807) is 6.92 Å². The van der Waals surface area contributed by atoms with Crippen molar-refractivity contribution in [3.8, 4) is 0 Å². The van der Waals surface area contributed by atoms with Crippen LogP contribution < -0.4 is 0 Å². The molecule has 8 nitrogen and oxygen atoms in total. The molecule has 1 fully saturated rings. The number of rotatable bonds is 17. The monoisotopic (exact) mass is 652 g/mol. The van der Waals surface area contributed by atoms with E-state index in [-0.39, 0.29) is 38.6 Å². The number of methoxy groups -OCH3 is 1. The lowest BCUT2D eigenvalue weighted by molar-refractivity contribution is -0.268. The topological polar surface area (TPSA) is 89.5 Å². The van der Waals surface area contributed by atoms with Gasteiger partial charge in [-0.1, -0.05) is 128 Å². The van der Waals surface area contributed by atoms with Crippen LogP contribution in [-0.2, 0) is 64.4 Å². The van der Waals surface area contributed by atoms with Crippen LogP contribution in [0.25, 0.3) is 0 Å². The number of ketones is 1. The van der Waals surface area contributed by atoms with Crippen LogP contribution in [0.2, 0.25) is 0 Å². The summed E-state index contributed by atoms with van der Waals surface area (Å²) in [7, 11) is 1.31. The average molecular weight is 653 g/mol. The van der Waals surface area contributed by atoms with E-state index in [0.717, 1.165) is 22.3 Å². The van der Waals surface area contributed by atoms with Gasteiger partial charge in [-0.3, -0.25) is 9.59 Å².